The van der Waals surface area contributed by atoms with Crippen LogP contribution in [-0.4, -0.2) is 16.5 Å². The predicted octanol–water partition coefficient (Wildman–Crippen LogP) is 3.94. The van der Waals surface area contributed by atoms with Crippen molar-refractivity contribution in [3.05, 3.63) is 116 Å². The molecule has 4 aliphatic heterocycles. The summed E-state index contributed by atoms with van der Waals surface area (Å²) in [5.41, 5.74) is 3.91. The van der Waals surface area contributed by atoms with E-state index in [9.17, 15) is 0 Å². The van der Waals surface area contributed by atoms with Gasteiger partial charge in [0, 0.05) is 0 Å². The Bertz CT molecular complexity index is 1160. The molecule has 6 nitrogen and oxygen atoms in total. The van der Waals surface area contributed by atoms with Gasteiger partial charge in [-0.25, -0.2) is 0 Å². The van der Waals surface area contributed by atoms with E-state index < -0.39 is 6.29 Å². The first-order chi connectivity index (χ1) is 15.6. The van der Waals surface area contributed by atoms with Gasteiger partial charge in [0.1, 0.15) is 6.29 Å². The van der Waals surface area contributed by atoms with Gasteiger partial charge in [0.05, 0.1) is 0 Å². The third-order valence-corrected chi connectivity index (χ3v) is 4.69. The molecule has 0 spiro atoms. The minimum absolute atomic E-state index is 0. The van der Waals surface area contributed by atoms with Crippen LogP contribution in [0.5, 0.6) is 0 Å². The molecule has 0 aliphatic carbocycles. The molecule has 2 aromatic rings. The van der Waals surface area contributed by atoms with Gasteiger partial charge in [-0.05, 0) is 27.8 Å². The number of hydrogen-bond donors (Lipinski definition) is 2. The summed E-state index contributed by atoms with van der Waals surface area (Å²) in [6, 6.07) is 8.30. The topological polar surface area (TPSA) is 96.9 Å². The maximum absolute atomic E-state index is 7.61. The Labute approximate surface area is 202 Å². The molecule has 2 N–H and O–H groups in total. The Morgan fingerprint density at radius 1 is 0.515 bits per heavy atom. The van der Waals surface area contributed by atoms with Gasteiger partial charge < -0.3 is 31.5 Å². The largest absolute Gasteiger partial charge is 1.00 e. The third kappa shape index (κ3) is 5.86. The standard InChI is InChI=1S/2C12H8N2.C2H6O2.Cu/c2*1-3-9-5-6-10-4-2-8-14-12(10)11(9)13-7-1;1-2(3)4;/h2*1-8H;2-4H,1H3;/q2*-2;;+1. The second-order valence-electron chi connectivity index (χ2n) is 7.06. The van der Waals surface area contributed by atoms with E-state index in [2.05, 4.69) is 69.8 Å². The summed E-state index contributed by atoms with van der Waals surface area (Å²) in [6.07, 6.45) is 22.0. The molecule has 0 bridgehead atoms. The summed E-state index contributed by atoms with van der Waals surface area (Å²) in [7, 11) is 0. The number of rotatable bonds is 0. The Morgan fingerprint density at radius 2 is 0.727 bits per heavy atom. The second-order valence-corrected chi connectivity index (χ2v) is 7.06. The van der Waals surface area contributed by atoms with E-state index in [1.165, 1.54) is 6.92 Å². The van der Waals surface area contributed by atoms with Gasteiger partial charge in [0.25, 0.3) is 0 Å². The van der Waals surface area contributed by atoms with Crippen LogP contribution in [-0.2, 0) is 17.1 Å². The van der Waals surface area contributed by atoms with Crippen LogP contribution in [0.15, 0.2) is 73.4 Å². The van der Waals surface area contributed by atoms with Crippen molar-refractivity contribution in [2.45, 2.75) is 13.2 Å². The Balaban J connectivity index is 0.000000156. The Kier molecular flexibility index (Phi) is 8.35. The number of aliphatic hydroxyl groups excluding tert-OH is 1. The van der Waals surface area contributed by atoms with Crippen molar-refractivity contribution in [3.63, 3.8) is 0 Å². The average molecular weight is 486 g/mol. The minimum atomic E-state index is -1.17. The van der Waals surface area contributed by atoms with Crippen LogP contribution in [0.1, 0.15) is 6.92 Å². The number of nitrogens with zero attached hydrogens (tertiary/aromatic N) is 4. The van der Waals surface area contributed by atoms with Gasteiger partial charge in [-0.3, -0.25) is 0 Å². The first kappa shape index (κ1) is 24.2. The van der Waals surface area contributed by atoms with Gasteiger partial charge in [0.2, 0.25) is 0 Å². The zero-order chi connectivity index (χ0) is 22.3. The van der Waals surface area contributed by atoms with Gasteiger partial charge in [-0.1, -0.05) is 72.9 Å². The molecule has 0 fully saturated rings. The van der Waals surface area contributed by atoms with Crippen molar-refractivity contribution in [2.75, 3.05) is 0 Å². The van der Waals surface area contributed by atoms with E-state index in [1.807, 2.05) is 24.3 Å². The molecule has 0 unspecified atom stereocenters. The molecule has 172 valence electrons. The van der Waals surface area contributed by atoms with Crippen molar-refractivity contribution in [1.82, 2.24) is 0 Å². The van der Waals surface area contributed by atoms with E-state index in [4.69, 9.17) is 10.2 Å². The molecule has 4 heterocycles. The SMILES string of the molecule is C1=C[N-]c2c3c(ccc2=C1)=CC=C[N-]3.C1=C[N-]c2c3c(ccc2=C1)=CC=C[N-]3.CC(O)O.[Cu+]. The summed E-state index contributed by atoms with van der Waals surface area (Å²) < 4.78 is 0. The summed E-state index contributed by atoms with van der Waals surface area (Å²) in [5.74, 6) is 0. The minimum Gasteiger partial charge on any atom is -0.665 e. The molecule has 7 heteroatoms. The average Bonchev–Trinajstić information content (AvgIpc) is 2.84. The summed E-state index contributed by atoms with van der Waals surface area (Å²) >= 11 is 0. The van der Waals surface area contributed by atoms with Crippen molar-refractivity contribution in [3.8, 4) is 0 Å². The molecule has 4 aliphatic rings. The molecule has 0 saturated heterocycles. The summed E-state index contributed by atoms with van der Waals surface area (Å²) in [6.45, 7) is 1.28. The zero-order valence-electron chi connectivity index (χ0n) is 17.8. The molecule has 6 rings (SSSR count). The van der Waals surface area contributed by atoms with Crippen LogP contribution in [0.3, 0.4) is 0 Å². The number of allylic oxidation sites excluding steroid dienone is 4. The normalized spacial score (nSPS) is 14.2. The first-order valence-corrected chi connectivity index (χ1v) is 10.2. The Hall–Kier alpha value is -3.48. The predicted molar refractivity (Wildman–Crippen MR) is 132 cm³/mol. The third-order valence-electron chi connectivity index (χ3n) is 4.69. The molecule has 0 saturated carbocycles. The van der Waals surface area contributed by atoms with Gasteiger partial charge >= 0.3 is 17.1 Å². The maximum Gasteiger partial charge on any atom is 1.00 e. The zero-order valence-corrected chi connectivity index (χ0v) is 18.7. The summed E-state index contributed by atoms with van der Waals surface area (Å²) in [5, 5.41) is 37.2. The van der Waals surface area contributed by atoms with Crippen LogP contribution in [0.2, 0.25) is 0 Å². The molecule has 0 radical (unpaired) electrons. The molecule has 2 aromatic carbocycles. The van der Waals surface area contributed by atoms with E-state index >= 15 is 0 Å². The van der Waals surface area contributed by atoms with Crippen molar-refractivity contribution >= 4 is 47.1 Å². The fourth-order valence-corrected chi connectivity index (χ4v) is 3.36. The molecular weight excluding hydrogens is 464 g/mol. The number of hydrogen-bond acceptors (Lipinski definition) is 2. The van der Waals surface area contributed by atoms with Crippen molar-refractivity contribution < 1.29 is 27.3 Å². The quantitative estimate of drug-likeness (QED) is 0.436. The fourth-order valence-electron chi connectivity index (χ4n) is 3.36. The number of aliphatic hydroxyl groups is 2. The monoisotopic (exact) mass is 485 g/mol. The Morgan fingerprint density at radius 3 is 0.939 bits per heavy atom. The second kappa shape index (κ2) is 11.4. The van der Waals surface area contributed by atoms with Crippen LogP contribution in [0, 0.1) is 0 Å². The molecular formula is C26H22CuN4O2-3. The molecule has 33 heavy (non-hydrogen) atoms. The van der Waals surface area contributed by atoms with E-state index in [1.54, 1.807) is 24.8 Å². The van der Waals surface area contributed by atoms with Crippen LogP contribution in [0.25, 0.3) is 45.6 Å². The van der Waals surface area contributed by atoms with E-state index in [0.717, 1.165) is 43.6 Å². The van der Waals surface area contributed by atoms with Gasteiger partial charge in [-0.2, -0.15) is 24.8 Å². The van der Waals surface area contributed by atoms with E-state index in [0.29, 0.717) is 0 Å². The van der Waals surface area contributed by atoms with Crippen LogP contribution in [0.4, 0.5) is 22.7 Å². The van der Waals surface area contributed by atoms with Gasteiger partial charge in [0.15, 0.2) is 0 Å². The molecule has 0 amide bonds. The maximum atomic E-state index is 7.61. The number of fused-ring (bicyclic) bond motifs is 6. The molecule has 0 aromatic heterocycles. The van der Waals surface area contributed by atoms with Crippen molar-refractivity contribution in [1.29, 1.82) is 0 Å². The van der Waals surface area contributed by atoms with Crippen LogP contribution < -0.4 is 20.9 Å². The number of benzene rings is 2. The fraction of sp³-hybridized carbons (Fsp3) is 0.0769. The smallest absolute Gasteiger partial charge is 0.665 e. The first-order valence-electron chi connectivity index (χ1n) is 10.2. The van der Waals surface area contributed by atoms with Gasteiger partial charge in [-0.15, -0.1) is 22.7 Å². The van der Waals surface area contributed by atoms with E-state index in [-0.39, 0.29) is 17.1 Å². The van der Waals surface area contributed by atoms with Crippen LogP contribution >= 0.6 is 0 Å². The summed E-state index contributed by atoms with van der Waals surface area (Å²) in [4.78, 5) is 0. The van der Waals surface area contributed by atoms with Crippen molar-refractivity contribution in [2.24, 2.45) is 0 Å². The molecule has 0 atom stereocenters.